The van der Waals surface area contributed by atoms with E-state index in [2.05, 4.69) is 11.1 Å². The predicted octanol–water partition coefficient (Wildman–Crippen LogP) is 5.26. The number of hydrogen-bond acceptors (Lipinski definition) is 4. The van der Waals surface area contributed by atoms with Gasteiger partial charge in [0.05, 0.1) is 35.2 Å². The van der Waals surface area contributed by atoms with Crippen molar-refractivity contribution in [3.8, 4) is 5.69 Å². The first-order valence-corrected chi connectivity index (χ1v) is 11.9. The van der Waals surface area contributed by atoms with Crippen molar-refractivity contribution in [1.29, 1.82) is 0 Å². The summed E-state index contributed by atoms with van der Waals surface area (Å²) >= 11 is 0. The lowest BCUT2D eigenvalue weighted by Gasteiger charge is -2.13. The number of aryl methyl sites for hydroxylation is 1. The molecule has 0 amide bonds. The lowest BCUT2D eigenvalue weighted by molar-refractivity contribution is 0.284. The number of halogens is 1. The molecule has 0 atom stereocenters. The third kappa shape index (κ3) is 4.86. The van der Waals surface area contributed by atoms with Crippen LogP contribution in [0, 0.1) is 5.82 Å². The third-order valence-electron chi connectivity index (χ3n) is 5.95. The molecule has 3 aromatic heterocycles. The van der Waals surface area contributed by atoms with Gasteiger partial charge in [0.15, 0.2) is 0 Å². The highest BCUT2D eigenvalue weighted by Crippen LogP contribution is 2.25. The van der Waals surface area contributed by atoms with Crippen molar-refractivity contribution in [2.24, 2.45) is 0 Å². The Labute approximate surface area is 203 Å². The van der Waals surface area contributed by atoms with Gasteiger partial charge < -0.3 is 5.11 Å². The number of aliphatic hydroxyl groups is 1. The Balaban J connectivity index is 0.00000141. The number of pyridine rings is 2. The number of hydrogen-bond donors (Lipinski definition) is 1. The van der Waals surface area contributed by atoms with Crippen LogP contribution in [0.5, 0.6) is 0 Å². The maximum absolute atomic E-state index is 13.6. The quantitative estimate of drug-likeness (QED) is 0.328. The van der Waals surface area contributed by atoms with Crippen molar-refractivity contribution in [2.45, 2.75) is 39.7 Å². The summed E-state index contributed by atoms with van der Waals surface area (Å²) in [5, 5.41) is 11.4. The number of unbranched alkanes of at least 4 members (excludes halogenated alkanes) is 1. The molecule has 0 radical (unpaired) electrons. The van der Waals surface area contributed by atoms with Crippen LogP contribution in [0.25, 0.3) is 27.5 Å². The topological polar surface area (TPSA) is 72.9 Å². The first kappa shape index (κ1) is 24.3. The number of benzene rings is 2. The molecule has 35 heavy (non-hydrogen) atoms. The Morgan fingerprint density at radius 2 is 1.71 bits per heavy atom. The minimum Gasteiger partial charge on any atom is -0.396 e. The van der Waals surface area contributed by atoms with Gasteiger partial charge in [-0.15, -0.1) is 0 Å². The summed E-state index contributed by atoms with van der Waals surface area (Å²) in [7, 11) is 0. The summed E-state index contributed by atoms with van der Waals surface area (Å²) in [5.41, 5.74) is 3.63. The average Bonchev–Trinajstić information content (AvgIpc) is 3.18. The molecule has 6 nitrogen and oxygen atoms in total. The molecule has 0 bridgehead atoms. The summed E-state index contributed by atoms with van der Waals surface area (Å²) in [6.07, 6.45) is 7.43. The minimum atomic E-state index is -0.356. The lowest BCUT2D eigenvalue weighted by atomic mass is 9.99. The molecule has 180 valence electrons. The lowest BCUT2D eigenvalue weighted by Crippen LogP contribution is -2.24. The Morgan fingerprint density at radius 3 is 2.49 bits per heavy atom. The van der Waals surface area contributed by atoms with Crippen LogP contribution in [-0.4, -0.2) is 30.8 Å². The second-order valence-corrected chi connectivity index (χ2v) is 8.00. The van der Waals surface area contributed by atoms with Gasteiger partial charge in [0.1, 0.15) is 5.82 Å². The van der Waals surface area contributed by atoms with Gasteiger partial charge in [-0.2, -0.15) is 0 Å². The van der Waals surface area contributed by atoms with E-state index in [9.17, 15) is 14.3 Å². The highest BCUT2D eigenvalue weighted by atomic mass is 19.1. The predicted molar refractivity (Wildman–Crippen MR) is 138 cm³/mol. The summed E-state index contributed by atoms with van der Waals surface area (Å²) in [6, 6.07) is 15.7. The molecular weight excluding hydrogens is 443 g/mol. The standard InChI is InChI=1S/C26H23FN4O2.C2H6/c27-19-8-10-20(11-9-19)31-24-12-13-28-16-25(24)30(26(31)33)17-23-22(7-3-4-14-32)21-6-2-1-5-18(21)15-29-23;1-2/h1-2,5-6,8-13,15-16,32H,3-4,7,14,17H2;1-2H3. The Kier molecular flexibility index (Phi) is 7.67. The smallest absolute Gasteiger partial charge is 0.334 e. The van der Waals surface area contributed by atoms with E-state index in [1.807, 2.05) is 38.2 Å². The molecule has 7 heteroatoms. The van der Waals surface area contributed by atoms with Crippen LogP contribution in [0.4, 0.5) is 4.39 Å². The van der Waals surface area contributed by atoms with E-state index < -0.39 is 0 Å². The molecule has 0 unspecified atom stereocenters. The Bertz CT molecular complexity index is 1490. The van der Waals surface area contributed by atoms with Crippen LogP contribution in [0.2, 0.25) is 0 Å². The van der Waals surface area contributed by atoms with Crippen molar-refractivity contribution in [3.05, 3.63) is 101 Å². The van der Waals surface area contributed by atoms with Crippen LogP contribution < -0.4 is 5.69 Å². The number of rotatable bonds is 7. The van der Waals surface area contributed by atoms with Crippen molar-refractivity contribution in [1.82, 2.24) is 19.1 Å². The van der Waals surface area contributed by atoms with Gasteiger partial charge in [-0.05, 0) is 60.5 Å². The zero-order valence-corrected chi connectivity index (χ0v) is 20.0. The SMILES string of the molecule is CC.O=c1n(Cc2ncc3ccccc3c2CCCCO)c2cnccc2n1-c1ccc(F)cc1. The van der Waals surface area contributed by atoms with Gasteiger partial charge in [-0.25, -0.2) is 9.18 Å². The fraction of sp³-hybridized carbons (Fsp3) is 0.250. The van der Waals surface area contributed by atoms with Gasteiger partial charge in [0, 0.05) is 24.4 Å². The maximum atomic E-state index is 13.6. The number of aromatic nitrogens is 4. The Hall–Kier alpha value is -3.84. The van der Waals surface area contributed by atoms with Gasteiger partial charge in [0.2, 0.25) is 0 Å². The third-order valence-corrected chi connectivity index (χ3v) is 5.95. The monoisotopic (exact) mass is 472 g/mol. The van der Waals surface area contributed by atoms with E-state index in [4.69, 9.17) is 4.98 Å². The van der Waals surface area contributed by atoms with Crippen LogP contribution in [0.3, 0.4) is 0 Å². The molecule has 1 N–H and O–H groups in total. The summed E-state index contributed by atoms with van der Waals surface area (Å²) in [4.78, 5) is 22.5. The van der Waals surface area contributed by atoms with Crippen molar-refractivity contribution in [3.63, 3.8) is 0 Å². The van der Waals surface area contributed by atoms with Crippen LogP contribution in [0.1, 0.15) is 37.9 Å². The van der Waals surface area contributed by atoms with E-state index in [1.165, 1.54) is 12.1 Å². The maximum Gasteiger partial charge on any atom is 0.334 e. The Morgan fingerprint density at radius 1 is 0.943 bits per heavy atom. The first-order valence-electron chi connectivity index (χ1n) is 11.9. The van der Waals surface area contributed by atoms with Crippen molar-refractivity contribution in [2.75, 3.05) is 6.61 Å². The molecule has 0 saturated heterocycles. The molecule has 0 aliphatic heterocycles. The fourth-order valence-corrected chi connectivity index (χ4v) is 4.34. The van der Waals surface area contributed by atoms with Crippen LogP contribution >= 0.6 is 0 Å². The van der Waals surface area contributed by atoms with Crippen molar-refractivity contribution < 1.29 is 9.50 Å². The molecule has 2 aromatic carbocycles. The van der Waals surface area contributed by atoms with E-state index in [1.54, 1.807) is 39.7 Å². The van der Waals surface area contributed by atoms with E-state index in [0.29, 0.717) is 23.1 Å². The number of imidazole rings is 1. The fourth-order valence-electron chi connectivity index (χ4n) is 4.34. The zero-order chi connectivity index (χ0) is 24.8. The number of aliphatic hydroxyl groups excluding tert-OH is 1. The molecule has 5 aromatic rings. The molecule has 0 saturated carbocycles. The molecule has 0 aliphatic carbocycles. The van der Waals surface area contributed by atoms with Crippen LogP contribution in [-0.2, 0) is 13.0 Å². The molecule has 0 fully saturated rings. The van der Waals surface area contributed by atoms with Gasteiger partial charge in [0.25, 0.3) is 0 Å². The van der Waals surface area contributed by atoms with E-state index in [-0.39, 0.29) is 24.7 Å². The van der Waals surface area contributed by atoms with E-state index in [0.717, 1.165) is 34.9 Å². The molecular formula is C28H29FN4O2. The van der Waals surface area contributed by atoms with Crippen molar-refractivity contribution >= 4 is 21.8 Å². The first-order chi connectivity index (χ1) is 17.2. The molecule has 5 rings (SSSR count). The minimum absolute atomic E-state index is 0.143. The zero-order valence-electron chi connectivity index (χ0n) is 20.0. The van der Waals surface area contributed by atoms with Gasteiger partial charge in [-0.1, -0.05) is 38.1 Å². The van der Waals surface area contributed by atoms with Gasteiger partial charge in [-0.3, -0.25) is 19.1 Å². The summed E-state index contributed by atoms with van der Waals surface area (Å²) in [6.45, 7) is 4.43. The highest BCUT2D eigenvalue weighted by Gasteiger charge is 2.18. The highest BCUT2D eigenvalue weighted by molar-refractivity contribution is 5.85. The summed E-state index contributed by atoms with van der Waals surface area (Å²) < 4.78 is 16.7. The van der Waals surface area contributed by atoms with Gasteiger partial charge >= 0.3 is 5.69 Å². The van der Waals surface area contributed by atoms with E-state index >= 15 is 0 Å². The average molecular weight is 473 g/mol. The molecule has 0 spiro atoms. The second-order valence-electron chi connectivity index (χ2n) is 8.00. The molecule has 0 aliphatic rings. The molecule has 3 heterocycles. The second kappa shape index (κ2) is 11.1. The normalized spacial score (nSPS) is 11.0. The number of nitrogens with zero attached hydrogens (tertiary/aromatic N) is 4. The number of fused-ring (bicyclic) bond motifs is 2. The summed E-state index contributed by atoms with van der Waals surface area (Å²) in [5.74, 6) is -0.356. The van der Waals surface area contributed by atoms with Crippen LogP contribution in [0.15, 0.2) is 78.0 Å². The largest absolute Gasteiger partial charge is 0.396 e.